The SMILES string of the molecule is CC(C)(C)c1csc(N[C@H]2CCCCCC=C[C@@H]3C[C@@]3(C(=O)NS(=O)(=O)C3CC3)NC(=O)[C@@H]3C[C@@H](Oc4nc5ccccc5o4)CN3C2=O)n1. The maximum Gasteiger partial charge on any atom is 0.394 e. The van der Waals surface area contributed by atoms with Gasteiger partial charge in [-0.3, -0.25) is 19.1 Å². The van der Waals surface area contributed by atoms with Gasteiger partial charge in [0.1, 0.15) is 29.2 Å². The van der Waals surface area contributed by atoms with Gasteiger partial charge >= 0.3 is 6.08 Å². The molecule has 2 aliphatic heterocycles. The fourth-order valence-corrected chi connectivity index (χ4v) is 9.08. The summed E-state index contributed by atoms with van der Waals surface area (Å²) < 4.78 is 39.8. The molecule has 1 saturated heterocycles. The molecule has 15 heteroatoms. The number of hydrogen-bond acceptors (Lipinski definition) is 11. The monoisotopic (exact) mass is 724 g/mol. The number of thiazole rings is 1. The second-order valence-corrected chi connectivity index (χ2v) is 17.7. The van der Waals surface area contributed by atoms with Gasteiger partial charge in [0.2, 0.25) is 21.8 Å². The molecule has 268 valence electrons. The molecular formula is C35H44N6O7S2. The molecule has 1 aromatic carbocycles. The van der Waals surface area contributed by atoms with Crippen molar-refractivity contribution < 1.29 is 32.0 Å². The summed E-state index contributed by atoms with van der Waals surface area (Å²) in [6, 6.07) is 5.58. The van der Waals surface area contributed by atoms with E-state index in [1.165, 1.54) is 16.2 Å². The highest BCUT2D eigenvalue weighted by molar-refractivity contribution is 7.91. The fourth-order valence-electron chi connectivity index (χ4n) is 6.72. The van der Waals surface area contributed by atoms with E-state index in [0.717, 1.165) is 31.4 Å². The van der Waals surface area contributed by atoms with Crippen molar-refractivity contribution in [2.45, 2.75) is 113 Å². The van der Waals surface area contributed by atoms with Crippen LogP contribution in [0.2, 0.25) is 0 Å². The third-order valence-electron chi connectivity index (χ3n) is 9.95. The highest BCUT2D eigenvalue weighted by Gasteiger charge is 2.62. The number of oxazole rings is 1. The van der Waals surface area contributed by atoms with Gasteiger partial charge in [0.05, 0.1) is 17.5 Å². The predicted octanol–water partition coefficient (Wildman–Crippen LogP) is 4.41. The van der Waals surface area contributed by atoms with Gasteiger partial charge in [-0.1, -0.05) is 57.9 Å². The molecular weight excluding hydrogens is 681 g/mol. The molecule has 0 radical (unpaired) electrons. The third-order valence-corrected chi connectivity index (χ3v) is 12.5. The Bertz CT molecular complexity index is 1880. The Labute approximate surface area is 295 Å². The predicted molar refractivity (Wildman–Crippen MR) is 188 cm³/mol. The van der Waals surface area contributed by atoms with Crippen molar-refractivity contribution in [2.75, 3.05) is 11.9 Å². The van der Waals surface area contributed by atoms with E-state index in [0.29, 0.717) is 35.5 Å². The number of nitrogens with one attached hydrogen (secondary N) is 3. The summed E-state index contributed by atoms with van der Waals surface area (Å²) in [6.07, 6.45) is 8.50. The average Bonchev–Trinajstić information content (AvgIpc) is 3.86. The minimum absolute atomic E-state index is 0.0347. The topological polar surface area (TPSA) is 173 Å². The van der Waals surface area contributed by atoms with Crippen LogP contribution in [-0.4, -0.2) is 76.5 Å². The molecule has 4 heterocycles. The molecule has 3 aromatic rings. The second-order valence-electron chi connectivity index (χ2n) is 14.9. The molecule has 50 heavy (non-hydrogen) atoms. The summed E-state index contributed by atoms with van der Waals surface area (Å²) in [4.78, 5) is 53.1. The summed E-state index contributed by atoms with van der Waals surface area (Å²) in [5, 5.41) is 8.31. The number of anilines is 1. The van der Waals surface area contributed by atoms with E-state index in [1.54, 1.807) is 12.1 Å². The van der Waals surface area contributed by atoms with Crippen LogP contribution in [0.25, 0.3) is 11.1 Å². The van der Waals surface area contributed by atoms with Crippen LogP contribution in [0.5, 0.6) is 6.08 Å². The highest BCUT2D eigenvalue weighted by atomic mass is 32.2. The maximum absolute atomic E-state index is 14.5. The molecule has 4 aliphatic rings. The lowest BCUT2D eigenvalue weighted by molar-refractivity contribution is -0.140. The first-order valence-corrected chi connectivity index (χ1v) is 19.8. The van der Waals surface area contributed by atoms with Crippen LogP contribution in [0.15, 0.2) is 46.2 Å². The first-order valence-electron chi connectivity index (χ1n) is 17.4. The van der Waals surface area contributed by atoms with E-state index in [4.69, 9.17) is 14.1 Å². The van der Waals surface area contributed by atoms with E-state index in [1.807, 2.05) is 29.7 Å². The van der Waals surface area contributed by atoms with Crippen molar-refractivity contribution in [2.24, 2.45) is 5.92 Å². The molecule has 7 rings (SSSR count). The van der Waals surface area contributed by atoms with Crippen molar-refractivity contribution in [3.05, 3.63) is 47.5 Å². The molecule has 3 fully saturated rings. The summed E-state index contributed by atoms with van der Waals surface area (Å²) in [6.45, 7) is 6.33. The zero-order valence-electron chi connectivity index (χ0n) is 28.5. The van der Waals surface area contributed by atoms with Crippen LogP contribution in [0, 0.1) is 5.92 Å². The molecule has 13 nitrogen and oxygen atoms in total. The first kappa shape index (κ1) is 34.5. The highest BCUT2D eigenvalue weighted by Crippen LogP contribution is 2.46. The number of carbonyl (C=O) groups is 3. The van der Waals surface area contributed by atoms with E-state index < -0.39 is 50.8 Å². The molecule has 0 unspecified atom stereocenters. The molecule has 2 aliphatic carbocycles. The molecule has 0 spiro atoms. The maximum atomic E-state index is 14.5. The zero-order chi connectivity index (χ0) is 35.3. The molecule has 5 atom stereocenters. The summed E-state index contributed by atoms with van der Waals surface area (Å²) >= 11 is 1.44. The second kappa shape index (κ2) is 13.3. The van der Waals surface area contributed by atoms with Crippen LogP contribution in [-0.2, 0) is 29.8 Å². The van der Waals surface area contributed by atoms with Crippen LogP contribution in [0.3, 0.4) is 0 Å². The lowest BCUT2D eigenvalue weighted by atomic mass is 9.93. The summed E-state index contributed by atoms with van der Waals surface area (Å²) in [7, 11) is -3.85. The number of aromatic nitrogens is 2. The smallest absolute Gasteiger partial charge is 0.394 e. The minimum Gasteiger partial charge on any atom is -0.445 e. The van der Waals surface area contributed by atoms with E-state index in [-0.39, 0.29) is 42.7 Å². The third kappa shape index (κ3) is 7.25. The number of hydrogen-bond donors (Lipinski definition) is 3. The van der Waals surface area contributed by atoms with Crippen molar-refractivity contribution >= 4 is 55.3 Å². The van der Waals surface area contributed by atoms with Crippen molar-refractivity contribution in [3.8, 4) is 6.08 Å². The summed E-state index contributed by atoms with van der Waals surface area (Å²) in [5.74, 6) is -1.95. The number of ether oxygens (including phenoxy) is 1. The Kier molecular flexibility index (Phi) is 9.16. The molecule has 2 aromatic heterocycles. The quantitative estimate of drug-likeness (QED) is 0.296. The van der Waals surface area contributed by atoms with Gasteiger partial charge in [-0.05, 0) is 50.7 Å². The normalized spacial score (nSPS) is 27.9. The average molecular weight is 725 g/mol. The molecule has 3 amide bonds. The Morgan fingerprint density at radius 2 is 1.92 bits per heavy atom. The van der Waals surface area contributed by atoms with Gasteiger partial charge in [-0.15, -0.1) is 11.3 Å². The number of sulfonamides is 1. The Morgan fingerprint density at radius 3 is 2.66 bits per heavy atom. The standard InChI is InChI=1S/C35H44N6O7S2/c1-34(2,3)28-20-49-32(38-28)36-25-13-8-6-4-5-7-11-21-18-35(21,31(44)40-50(45,46)23-15-16-23)39-29(42)26-17-22(19-41(26)30(25)43)47-33-37-24-12-9-10-14-27(24)48-33/h7,9-12,14,20-23,25-26H,4-6,8,13,15-19H2,1-3H3,(H,36,38)(H,39,42)(H,40,44)/t21-,22-,25+,26+,35-/m1/s1. The molecule has 2 saturated carbocycles. The van der Waals surface area contributed by atoms with Gasteiger partial charge in [0, 0.05) is 23.1 Å². The summed E-state index contributed by atoms with van der Waals surface area (Å²) in [5.41, 5.74) is 0.481. The number of amides is 3. The first-order chi connectivity index (χ1) is 23.8. The number of benzene rings is 1. The minimum atomic E-state index is -3.85. The van der Waals surface area contributed by atoms with E-state index in [9.17, 15) is 22.8 Å². The number of rotatable bonds is 7. The van der Waals surface area contributed by atoms with E-state index >= 15 is 0 Å². The Morgan fingerprint density at radius 1 is 1.12 bits per heavy atom. The number of para-hydroxylation sites is 2. The lowest BCUT2D eigenvalue weighted by Crippen LogP contribution is -2.57. The lowest BCUT2D eigenvalue weighted by Gasteiger charge is -2.29. The number of allylic oxidation sites excluding steroid dienone is 1. The fraction of sp³-hybridized carbons (Fsp3) is 0.571. The molecule has 0 bridgehead atoms. The van der Waals surface area contributed by atoms with Gasteiger partial charge in [0.15, 0.2) is 10.7 Å². The van der Waals surface area contributed by atoms with Gasteiger partial charge < -0.3 is 24.7 Å². The van der Waals surface area contributed by atoms with Gasteiger partial charge in [-0.25, -0.2) is 13.4 Å². The van der Waals surface area contributed by atoms with Crippen LogP contribution < -0.4 is 20.1 Å². The van der Waals surface area contributed by atoms with Crippen LogP contribution in [0.4, 0.5) is 5.13 Å². The zero-order valence-corrected chi connectivity index (χ0v) is 30.1. The van der Waals surface area contributed by atoms with Crippen LogP contribution in [0.1, 0.15) is 84.3 Å². The number of fused-ring (bicyclic) bond motifs is 3. The van der Waals surface area contributed by atoms with Gasteiger partial charge in [-0.2, -0.15) is 4.98 Å². The van der Waals surface area contributed by atoms with Crippen molar-refractivity contribution in [1.82, 2.24) is 24.9 Å². The Balaban J connectivity index is 1.18. The van der Waals surface area contributed by atoms with Crippen molar-refractivity contribution in [1.29, 1.82) is 0 Å². The number of nitrogens with zero attached hydrogens (tertiary/aromatic N) is 3. The number of carbonyl (C=O) groups excluding carboxylic acids is 3. The molecule has 3 N–H and O–H groups in total. The van der Waals surface area contributed by atoms with E-state index in [2.05, 4.69) is 41.1 Å². The van der Waals surface area contributed by atoms with Crippen molar-refractivity contribution in [3.63, 3.8) is 0 Å². The van der Waals surface area contributed by atoms with Crippen LogP contribution >= 0.6 is 11.3 Å². The Hall–Kier alpha value is -3.98. The largest absolute Gasteiger partial charge is 0.445 e. The van der Waals surface area contributed by atoms with Gasteiger partial charge in [0.25, 0.3) is 5.91 Å².